The largest absolute Gasteiger partial charge is 0.380 e. The molecule has 0 bridgehead atoms. The third-order valence-corrected chi connectivity index (χ3v) is 4.28. The first-order valence-electron chi connectivity index (χ1n) is 9.24. The molecule has 1 aromatic carbocycles. The predicted molar refractivity (Wildman–Crippen MR) is 116 cm³/mol. The van der Waals surface area contributed by atoms with Gasteiger partial charge in [-0.15, -0.1) is 24.0 Å². The van der Waals surface area contributed by atoms with E-state index in [0.29, 0.717) is 12.6 Å². The maximum absolute atomic E-state index is 5.38. The highest BCUT2D eigenvalue weighted by Crippen LogP contribution is 2.25. The second kappa shape index (κ2) is 13.4. The predicted octanol–water partition coefficient (Wildman–Crippen LogP) is 3.03. The number of nitrogens with one attached hydrogen (secondary N) is 2. The van der Waals surface area contributed by atoms with Crippen molar-refractivity contribution in [3.8, 4) is 0 Å². The van der Waals surface area contributed by atoms with E-state index in [4.69, 9.17) is 9.73 Å². The fourth-order valence-electron chi connectivity index (χ4n) is 3.07. The topological polar surface area (TPSA) is 48.9 Å². The zero-order chi connectivity index (χ0) is 17.0. The van der Waals surface area contributed by atoms with Gasteiger partial charge in [-0.05, 0) is 45.3 Å². The van der Waals surface area contributed by atoms with E-state index in [2.05, 4.69) is 52.8 Å². The highest BCUT2D eigenvalue weighted by Gasteiger charge is 2.23. The Labute approximate surface area is 169 Å². The highest BCUT2D eigenvalue weighted by atomic mass is 127. The average molecular weight is 460 g/mol. The van der Waals surface area contributed by atoms with Gasteiger partial charge in [0.15, 0.2) is 5.96 Å². The lowest BCUT2D eigenvalue weighted by Crippen LogP contribution is -2.40. The van der Waals surface area contributed by atoms with E-state index in [1.807, 2.05) is 6.92 Å². The van der Waals surface area contributed by atoms with Crippen LogP contribution in [0.4, 0.5) is 0 Å². The van der Waals surface area contributed by atoms with Crippen molar-refractivity contribution in [2.24, 2.45) is 4.99 Å². The number of likely N-dealkylation sites (tertiary alicyclic amines) is 1. The first-order chi connectivity index (χ1) is 11.8. The number of hydrogen-bond donors (Lipinski definition) is 2. The Morgan fingerprint density at radius 1 is 1.16 bits per heavy atom. The van der Waals surface area contributed by atoms with Crippen LogP contribution in [0.25, 0.3) is 0 Å². The van der Waals surface area contributed by atoms with E-state index in [9.17, 15) is 0 Å². The zero-order valence-electron chi connectivity index (χ0n) is 15.5. The van der Waals surface area contributed by atoms with Crippen LogP contribution in [0.5, 0.6) is 0 Å². The molecule has 1 fully saturated rings. The lowest BCUT2D eigenvalue weighted by atomic mass is 10.1. The van der Waals surface area contributed by atoms with Crippen LogP contribution in [0.1, 0.15) is 38.3 Å². The summed E-state index contributed by atoms with van der Waals surface area (Å²) in [4.78, 5) is 7.39. The smallest absolute Gasteiger partial charge is 0.191 e. The zero-order valence-corrected chi connectivity index (χ0v) is 17.9. The van der Waals surface area contributed by atoms with Crippen molar-refractivity contribution in [1.82, 2.24) is 15.5 Å². The van der Waals surface area contributed by atoms with Crippen LogP contribution in [0.3, 0.4) is 0 Å². The summed E-state index contributed by atoms with van der Waals surface area (Å²) >= 11 is 0. The molecule has 1 atom stereocenters. The number of nitrogens with zero attached hydrogens (tertiary/aromatic N) is 2. The molecule has 0 radical (unpaired) electrons. The van der Waals surface area contributed by atoms with Crippen molar-refractivity contribution >= 4 is 29.9 Å². The molecule has 1 saturated heterocycles. The molecule has 0 saturated carbocycles. The molecule has 2 N–H and O–H groups in total. The van der Waals surface area contributed by atoms with E-state index in [1.165, 1.54) is 31.5 Å². The Kier molecular flexibility index (Phi) is 11.9. The van der Waals surface area contributed by atoms with Gasteiger partial charge in [0.25, 0.3) is 0 Å². The second-order valence-electron chi connectivity index (χ2n) is 6.01. The first kappa shape index (κ1) is 22.2. The fourth-order valence-corrected chi connectivity index (χ4v) is 3.07. The van der Waals surface area contributed by atoms with E-state index >= 15 is 0 Å². The van der Waals surface area contributed by atoms with Crippen LogP contribution in [-0.2, 0) is 4.74 Å². The number of hydrogen-bond acceptors (Lipinski definition) is 3. The van der Waals surface area contributed by atoms with Crippen LogP contribution in [0, 0.1) is 0 Å². The SMILES string of the molecule is CCNC(=NCC(c1ccccc1)N1CCCC1)NCCOCC.I. The van der Waals surface area contributed by atoms with Crippen molar-refractivity contribution in [1.29, 1.82) is 0 Å². The minimum atomic E-state index is 0. The first-order valence-corrected chi connectivity index (χ1v) is 9.24. The molecule has 1 heterocycles. The summed E-state index contributed by atoms with van der Waals surface area (Å²) in [5.41, 5.74) is 1.35. The van der Waals surface area contributed by atoms with Crippen molar-refractivity contribution < 1.29 is 4.74 Å². The molecule has 142 valence electrons. The molecular weight excluding hydrogens is 427 g/mol. The summed E-state index contributed by atoms with van der Waals surface area (Å²) in [5.74, 6) is 0.873. The third kappa shape index (κ3) is 7.92. The van der Waals surface area contributed by atoms with Gasteiger partial charge in [0.2, 0.25) is 0 Å². The molecule has 1 unspecified atom stereocenters. The fraction of sp³-hybridized carbons (Fsp3) is 0.632. The van der Waals surface area contributed by atoms with Gasteiger partial charge in [-0.3, -0.25) is 9.89 Å². The summed E-state index contributed by atoms with van der Waals surface area (Å²) in [5, 5.41) is 6.67. The molecule has 2 rings (SSSR count). The van der Waals surface area contributed by atoms with Crippen LogP contribution < -0.4 is 10.6 Å². The van der Waals surface area contributed by atoms with Crippen LogP contribution in [-0.4, -0.2) is 56.8 Å². The Morgan fingerprint density at radius 2 is 1.88 bits per heavy atom. The Bertz CT molecular complexity index is 478. The van der Waals surface area contributed by atoms with E-state index in [0.717, 1.165) is 32.2 Å². The monoisotopic (exact) mass is 460 g/mol. The Balaban J connectivity index is 0.00000312. The summed E-state index contributed by atoms with van der Waals surface area (Å²) in [6, 6.07) is 11.1. The number of benzene rings is 1. The maximum atomic E-state index is 5.38. The molecule has 0 aliphatic carbocycles. The standard InChI is InChI=1S/C19H32N4O.HI/c1-3-20-19(21-12-15-24-4-2)22-16-18(23-13-8-9-14-23)17-10-6-5-7-11-17;/h5-7,10-11,18H,3-4,8-9,12-16H2,1-2H3,(H2,20,21,22);1H. The van der Waals surface area contributed by atoms with Crippen LogP contribution in [0.15, 0.2) is 35.3 Å². The van der Waals surface area contributed by atoms with E-state index in [-0.39, 0.29) is 24.0 Å². The van der Waals surface area contributed by atoms with E-state index in [1.54, 1.807) is 0 Å². The number of rotatable bonds is 9. The molecule has 1 aliphatic heterocycles. The lowest BCUT2D eigenvalue weighted by Gasteiger charge is -2.27. The molecule has 1 aromatic rings. The number of halogens is 1. The maximum Gasteiger partial charge on any atom is 0.191 e. The quantitative estimate of drug-likeness (QED) is 0.258. The summed E-state index contributed by atoms with van der Waals surface area (Å²) in [6.45, 7) is 10.3. The Hall–Kier alpha value is -0.860. The van der Waals surface area contributed by atoms with Gasteiger partial charge in [0.1, 0.15) is 0 Å². The second-order valence-corrected chi connectivity index (χ2v) is 6.01. The molecule has 1 aliphatic rings. The third-order valence-electron chi connectivity index (χ3n) is 4.28. The molecule has 5 nitrogen and oxygen atoms in total. The van der Waals surface area contributed by atoms with Gasteiger partial charge in [-0.2, -0.15) is 0 Å². The van der Waals surface area contributed by atoms with Crippen molar-refractivity contribution in [2.45, 2.75) is 32.7 Å². The van der Waals surface area contributed by atoms with E-state index < -0.39 is 0 Å². The number of guanidine groups is 1. The van der Waals surface area contributed by atoms with Crippen molar-refractivity contribution in [3.05, 3.63) is 35.9 Å². The lowest BCUT2D eigenvalue weighted by molar-refractivity contribution is 0.152. The van der Waals surface area contributed by atoms with Gasteiger partial charge in [-0.1, -0.05) is 30.3 Å². The number of ether oxygens (including phenoxy) is 1. The number of aliphatic imine (C=N–C) groups is 1. The molecule has 6 heteroatoms. The van der Waals surface area contributed by atoms with Gasteiger partial charge in [0.05, 0.1) is 19.2 Å². The summed E-state index contributed by atoms with van der Waals surface area (Å²) < 4.78 is 5.38. The molecule has 0 aromatic heterocycles. The normalized spacial score (nSPS) is 16.3. The average Bonchev–Trinajstić information content (AvgIpc) is 3.14. The molecule has 25 heavy (non-hydrogen) atoms. The van der Waals surface area contributed by atoms with Gasteiger partial charge in [0, 0.05) is 19.7 Å². The van der Waals surface area contributed by atoms with Crippen LogP contribution >= 0.6 is 24.0 Å². The molecule has 0 amide bonds. The summed E-state index contributed by atoms with van der Waals surface area (Å²) in [6.07, 6.45) is 2.58. The molecular formula is C19H33IN4O. The summed E-state index contributed by atoms with van der Waals surface area (Å²) in [7, 11) is 0. The van der Waals surface area contributed by atoms with Gasteiger partial charge in [-0.25, -0.2) is 0 Å². The minimum absolute atomic E-state index is 0. The minimum Gasteiger partial charge on any atom is -0.380 e. The van der Waals surface area contributed by atoms with Crippen molar-refractivity contribution in [3.63, 3.8) is 0 Å². The molecule has 0 spiro atoms. The van der Waals surface area contributed by atoms with Gasteiger partial charge < -0.3 is 15.4 Å². The van der Waals surface area contributed by atoms with Gasteiger partial charge >= 0.3 is 0 Å². The van der Waals surface area contributed by atoms with Crippen molar-refractivity contribution in [2.75, 3.05) is 45.9 Å². The Morgan fingerprint density at radius 3 is 2.52 bits per heavy atom. The van der Waals surface area contributed by atoms with Crippen LogP contribution in [0.2, 0.25) is 0 Å². The highest BCUT2D eigenvalue weighted by molar-refractivity contribution is 14.0.